The fourth-order valence-corrected chi connectivity index (χ4v) is 8.45. The molecule has 8 atom stereocenters. The van der Waals surface area contributed by atoms with E-state index in [1.165, 1.54) is 62.5 Å². The lowest BCUT2D eigenvalue weighted by Gasteiger charge is -2.30. The van der Waals surface area contributed by atoms with E-state index in [2.05, 4.69) is 69.5 Å². The van der Waals surface area contributed by atoms with Gasteiger partial charge in [-0.2, -0.15) is 0 Å². The van der Waals surface area contributed by atoms with Gasteiger partial charge in [-0.25, -0.2) is 20.0 Å². The average molecular weight is 533 g/mol. The topological polar surface area (TPSA) is 101 Å². The highest BCUT2D eigenvalue weighted by Gasteiger charge is 2.44. The maximum absolute atomic E-state index is 5.33. The van der Waals surface area contributed by atoms with Crippen LogP contribution in [0.1, 0.15) is 74.8 Å². The summed E-state index contributed by atoms with van der Waals surface area (Å²) in [7, 11) is 0. The number of hydrogen-bond acceptors (Lipinski definition) is 7. The number of aromatic amines is 1. The molecule has 0 amide bonds. The number of rotatable bonds is 0. The van der Waals surface area contributed by atoms with Gasteiger partial charge in [0.15, 0.2) is 0 Å². The average Bonchev–Trinajstić information content (AvgIpc) is 3.73. The van der Waals surface area contributed by atoms with Crippen LogP contribution < -0.4 is 26.9 Å². The first-order chi connectivity index (χ1) is 19.8. The molecule has 5 heterocycles. The van der Waals surface area contributed by atoms with Gasteiger partial charge < -0.3 is 15.6 Å². The second kappa shape index (κ2) is 8.99. The Morgan fingerprint density at radius 1 is 0.550 bits per heavy atom. The highest BCUT2D eigenvalue weighted by molar-refractivity contribution is 5.89. The van der Waals surface area contributed by atoms with Crippen LogP contribution in [0.5, 0.6) is 0 Å². The number of aliphatic imine (C=N–C) groups is 2. The predicted molar refractivity (Wildman–Crippen MR) is 155 cm³/mol. The van der Waals surface area contributed by atoms with Crippen LogP contribution >= 0.6 is 0 Å². The summed E-state index contributed by atoms with van der Waals surface area (Å²) in [5.41, 5.74) is 4.40. The van der Waals surface area contributed by atoms with Crippen molar-refractivity contribution >= 4 is 22.4 Å². The molecule has 8 bridgehead atoms. The van der Waals surface area contributed by atoms with Crippen LogP contribution in [0.25, 0.3) is 10.8 Å². The van der Waals surface area contributed by atoms with Gasteiger partial charge in [0.1, 0.15) is 47.3 Å². The first-order valence-electron chi connectivity index (χ1n) is 15.4. The summed E-state index contributed by atoms with van der Waals surface area (Å²) in [4.78, 5) is 24.9. The molecule has 8 nitrogen and oxygen atoms in total. The summed E-state index contributed by atoms with van der Waals surface area (Å²) in [5, 5.41) is 13.9. The zero-order valence-electron chi connectivity index (χ0n) is 22.7. The third-order valence-corrected chi connectivity index (χ3v) is 10.4. The van der Waals surface area contributed by atoms with Gasteiger partial charge in [-0.1, -0.05) is 74.2 Å². The summed E-state index contributed by atoms with van der Waals surface area (Å²) in [5.74, 6) is 3.95. The summed E-state index contributed by atoms with van der Waals surface area (Å²) in [6, 6.07) is 17.3. The van der Waals surface area contributed by atoms with E-state index in [1.54, 1.807) is 0 Å². The SMILES string of the molecule is c1ccc2c(c1)C1NC3=NC(N=c4[nH]c(c5ccccc45)=NC4N=C(NC2N1)C1CCCCC41)C1CCCCC31. The number of aromatic nitrogens is 1. The van der Waals surface area contributed by atoms with E-state index < -0.39 is 0 Å². The van der Waals surface area contributed by atoms with E-state index >= 15 is 0 Å². The third-order valence-electron chi connectivity index (χ3n) is 10.4. The van der Waals surface area contributed by atoms with Crippen molar-refractivity contribution < 1.29 is 0 Å². The van der Waals surface area contributed by atoms with Gasteiger partial charge in [-0.3, -0.25) is 5.32 Å². The normalized spacial score (nSPS) is 35.7. The molecule has 1 aromatic heterocycles. The molecule has 6 aliphatic rings. The lowest BCUT2D eigenvalue weighted by molar-refractivity contribution is 0.276. The number of hydrogen-bond donors (Lipinski definition) is 4. The van der Waals surface area contributed by atoms with Gasteiger partial charge in [0.05, 0.1) is 0 Å². The predicted octanol–water partition coefficient (Wildman–Crippen LogP) is 3.99. The molecule has 3 aromatic rings. The van der Waals surface area contributed by atoms with Crippen molar-refractivity contribution in [3.63, 3.8) is 0 Å². The summed E-state index contributed by atoms with van der Waals surface area (Å²) in [6.07, 6.45) is 9.55. The van der Waals surface area contributed by atoms with Gasteiger partial charge in [-0.15, -0.1) is 0 Å². The maximum Gasteiger partial charge on any atom is 0.147 e. The molecule has 2 aliphatic carbocycles. The first kappa shape index (κ1) is 23.2. The fourth-order valence-electron chi connectivity index (χ4n) is 8.45. The number of benzene rings is 2. The number of nitrogens with zero attached hydrogens (tertiary/aromatic N) is 4. The molecule has 0 spiro atoms. The van der Waals surface area contributed by atoms with Crippen LogP contribution in [0, 0.1) is 23.7 Å². The molecule has 8 heteroatoms. The number of fused-ring (bicyclic) bond motifs is 18. The van der Waals surface area contributed by atoms with Crippen molar-refractivity contribution in [1.82, 2.24) is 20.9 Å². The minimum Gasteiger partial charge on any atom is -0.354 e. The Kier molecular flexibility index (Phi) is 5.22. The highest BCUT2D eigenvalue weighted by Crippen LogP contribution is 2.42. The van der Waals surface area contributed by atoms with E-state index in [4.69, 9.17) is 20.0 Å². The van der Waals surface area contributed by atoms with Crippen molar-refractivity contribution in [3.8, 4) is 0 Å². The smallest absolute Gasteiger partial charge is 0.147 e. The molecule has 2 saturated carbocycles. The largest absolute Gasteiger partial charge is 0.354 e. The van der Waals surface area contributed by atoms with Gasteiger partial charge in [0.25, 0.3) is 0 Å². The second-order valence-electron chi connectivity index (χ2n) is 12.5. The third kappa shape index (κ3) is 3.54. The fraction of sp³-hybridized carbons (Fsp3) is 0.500. The monoisotopic (exact) mass is 532 g/mol. The number of nitrogens with one attached hydrogen (secondary N) is 4. The molecule has 204 valence electrons. The van der Waals surface area contributed by atoms with Crippen LogP contribution in [0.3, 0.4) is 0 Å². The zero-order chi connectivity index (χ0) is 26.2. The molecule has 2 fully saturated rings. The minimum atomic E-state index is -0.0833. The van der Waals surface area contributed by atoms with Crippen molar-refractivity contribution in [2.75, 3.05) is 0 Å². The quantitative estimate of drug-likeness (QED) is 0.352. The standard InChI is InChI=1S/C32H36N8/c1-2-10-18-17(9-1)25-33-26(18)38-28-21-13-5-6-14-22(21)30(35-28)40-32-24-16-8-7-15-23(24)31(36-32)39-29-20-12-4-3-11-19(20)27(34-29)37-25/h1-2,7-10,15-16,19-22,25-26,29-30,33H,3-6,11-14H2,(H,34,37)(H,35,38)(H,36,39,40). The Labute approximate surface area is 233 Å². The lowest BCUT2D eigenvalue weighted by atomic mass is 9.79. The summed E-state index contributed by atoms with van der Waals surface area (Å²) >= 11 is 0. The van der Waals surface area contributed by atoms with Gasteiger partial charge in [0, 0.05) is 34.4 Å². The Morgan fingerprint density at radius 3 is 1.55 bits per heavy atom. The number of H-pyrrole nitrogens is 1. The Balaban J connectivity index is 1.24. The summed E-state index contributed by atoms with van der Waals surface area (Å²) < 4.78 is 0. The van der Waals surface area contributed by atoms with Gasteiger partial charge in [-0.05, 0) is 36.8 Å². The molecule has 8 unspecified atom stereocenters. The summed E-state index contributed by atoms with van der Waals surface area (Å²) in [6.45, 7) is 0. The lowest BCUT2D eigenvalue weighted by Crippen LogP contribution is -2.44. The molecule has 0 saturated heterocycles. The van der Waals surface area contributed by atoms with Crippen LogP contribution in [0.4, 0.5) is 0 Å². The maximum atomic E-state index is 5.33. The van der Waals surface area contributed by atoms with Crippen LogP contribution in [-0.2, 0) is 0 Å². The molecular weight excluding hydrogens is 496 g/mol. The van der Waals surface area contributed by atoms with E-state index in [0.29, 0.717) is 23.7 Å². The van der Waals surface area contributed by atoms with Crippen molar-refractivity contribution in [2.45, 2.75) is 76.0 Å². The van der Waals surface area contributed by atoms with Gasteiger partial charge in [0.2, 0.25) is 0 Å². The van der Waals surface area contributed by atoms with Crippen LogP contribution in [0.2, 0.25) is 0 Å². The van der Waals surface area contributed by atoms with E-state index in [-0.39, 0.29) is 24.7 Å². The Morgan fingerprint density at radius 2 is 1.02 bits per heavy atom. The van der Waals surface area contributed by atoms with Crippen LogP contribution in [-0.4, -0.2) is 29.0 Å². The molecule has 4 N–H and O–H groups in total. The molecule has 40 heavy (non-hydrogen) atoms. The van der Waals surface area contributed by atoms with E-state index in [1.807, 2.05) is 0 Å². The molecule has 4 aliphatic heterocycles. The zero-order valence-corrected chi connectivity index (χ0v) is 22.7. The molecule has 2 aromatic carbocycles. The second-order valence-corrected chi connectivity index (χ2v) is 12.5. The van der Waals surface area contributed by atoms with Crippen molar-refractivity contribution in [3.05, 3.63) is 70.6 Å². The van der Waals surface area contributed by atoms with Crippen molar-refractivity contribution in [2.24, 2.45) is 43.6 Å². The van der Waals surface area contributed by atoms with Crippen molar-refractivity contribution in [1.29, 1.82) is 0 Å². The number of amidine groups is 2. The minimum absolute atomic E-state index is 0.00393. The van der Waals surface area contributed by atoms with Gasteiger partial charge >= 0.3 is 0 Å². The highest BCUT2D eigenvalue weighted by atomic mass is 15.3. The first-order valence-corrected chi connectivity index (χ1v) is 15.4. The van der Waals surface area contributed by atoms with E-state index in [0.717, 1.165) is 33.4 Å². The molecular formula is C32H36N8. The Bertz CT molecular complexity index is 1550. The van der Waals surface area contributed by atoms with E-state index in [9.17, 15) is 0 Å². The molecule has 0 radical (unpaired) electrons. The Hall–Kier alpha value is -3.52. The molecule has 9 rings (SSSR count). The van der Waals surface area contributed by atoms with Crippen LogP contribution in [0.15, 0.2) is 68.5 Å².